The fourth-order valence-electron chi connectivity index (χ4n) is 3.84. The van der Waals surface area contributed by atoms with E-state index in [1.807, 2.05) is 42.5 Å². The van der Waals surface area contributed by atoms with Gasteiger partial charge in [-0.15, -0.1) is 0 Å². The van der Waals surface area contributed by atoms with Gasteiger partial charge in [0, 0.05) is 11.9 Å². The van der Waals surface area contributed by atoms with Crippen LogP contribution in [0.25, 0.3) is 22.6 Å². The second-order valence-corrected chi connectivity index (χ2v) is 7.12. The van der Waals surface area contributed by atoms with Crippen LogP contribution in [0.2, 0.25) is 0 Å². The second kappa shape index (κ2) is 8.40. The van der Waals surface area contributed by atoms with E-state index >= 15 is 0 Å². The maximum absolute atomic E-state index is 13.1. The van der Waals surface area contributed by atoms with Crippen LogP contribution in [0.1, 0.15) is 53.1 Å². The standard InChI is InChI=1S/C23H25N3O2/c24-12-3-4-13-25-23(27)21-18-9-1-2-11-20(18)26-22-16(7-5-10-19(21)22)15-17-8-6-14-28-17/h1-2,6,8-9,11,14-15H,3-5,7,10,12-13,24H2,(H,25,27)/b16-15-. The van der Waals surface area contributed by atoms with E-state index in [9.17, 15) is 4.79 Å². The third-order valence-electron chi connectivity index (χ3n) is 5.17. The summed E-state index contributed by atoms with van der Waals surface area (Å²) in [6.07, 6.45) is 8.29. The molecule has 144 valence electrons. The SMILES string of the molecule is NCCCCNC(=O)c1c2c(nc3ccccc13)/C(=C\c1ccco1)CCC2. The molecule has 0 aliphatic heterocycles. The number of para-hydroxylation sites is 1. The molecule has 5 nitrogen and oxygen atoms in total. The highest BCUT2D eigenvalue weighted by Gasteiger charge is 2.25. The van der Waals surface area contributed by atoms with Gasteiger partial charge in [-0.1, -0.05) is 18.2 Å². The number of furan rings is 1. The Morgan fingerprint density at radius 2 is 2.07 bits per heavy atom. The summed E-state index contributed by atoms with van der Waals surface area (Å²) in [5, 5.41) is 3.99. The minimum absolute atomic E-state index is 0.0221. The monoisotopic (exact) mass is 375 g/mol. The molecule has 3 N–H and O–H groups in total. The molecule has 2 heterocycles. The van der Waals surface area contributed by atoms with Crippen molar-refractivity contribution in [3.05, 3.63) is 65.2 Å². The molecule has 1 aliphatic carbocycles. The van der Waals surface area contributed by atoms with Crippen molar-refractivity contribution >= 4 is 28.5 Å². The molecule has 5 heteroatoms. The van der Waals surface area contributed by atoms with Crippen molar-refractivity contribution in [2.75, 3.05) is 13.1 Å². The largest absolute Gasteiger partial charge is 0.465 e. The summed E-state index contributed by atoms with van der Waals surface area (Å²) in [7, 11) is 0. The topological polar surface area (TPSA) is 81.1 Å². The van der Waals surface area contributed by atoms with Crippen LogP contribution in [0.4, 0.5) is 0 Å². The zero-order valence-corrected chi connectivity index (χ0v) is 15.9. The van der Waals surface area contributed by atoms with E-state index in [0.29, 0.717) is 13.1 Å². The summed E-state index contributed by atoms with van der Waals surface area (Å²) in [5.74, 6) is 0.789. The lowest BCUT2D eigenvalue weighted by atomic mass is 9.86. The normalized spacial score (nSPS) is 15.0. The lowest BCUT2D eigenvalue weighted by molar-refractivity contribution is 0.0953. The van der Waals surface area contributed by atoms with Crippen molar-refractivity contribution in [1.29, 1.82) is 0 Å². The molecule has 1 aromatic carbocycles. The summed E-state index contributed by atoms with van der Waals surface area (Å²) in [4.78, 5) is 18.0. The number of hydrogen-bond donors (Lipinski definition) is 2. The fourth-order valence-corrected chi connectivity index (χ4v) is 3.84. The number of carbonyl (C=O) groups excluding carboxylic acids is 1. The summed E-state index contributed by atoms with van der Waals surface area (Å²) in [5.41, 5.74) is 10.3. The number of nitrogens with one attached hydrogen (secondary N) is 1. The fraction of sp³-hybridized carbons (Fsp3) is 0.304. The Morgan fingerprint density at radius 1 is 1.18 bits per heavy atom. The number of carbonyl (C=O) groups is 1. The van der Waals surface area contributed by atoms with Crippen molar-refractivity contribution in [1.82, 2.24) is 10.3 Å². The van der Waals surface area contributed by atoms with Gasteiger partial charge in [0.25, 0.3) is 5.91 Å². The number of allylic oxidation sites excluding steroid dienone is 1. The molecular weight excluding hydrogens is 350 g/mol. The highest BCUT2D eigenvalue weighted by Crippen LogP contribution is 2.36. The second-order valence-electron chi connectivity index (χ2n) is 7.12. The van der Waals surface area contributed by atoms with Crippen LogP contribution in [0.5, 0.6) is 0 Å². The number of nitrogens with two attached hydrogens (primary N) is 1. The van der Waals surface area contributed by atoms with Crippen LogP contribution in [-0.2, 0) is 6.42 Å². The molecule has 1 amide bonds. The molecule has 0 atom stereocenters. The summed E-state index contributed by atoms with van der Waals surface area (Å²) < 4.78 is 5.50. The van der Waals surface area contributed by atoms with Gasteiger partial charge in [-0.05, 0) is 74.1 Å². The molecule has 1 aliphatic rings. The van der Waals surface area contributed by atoms with E-state index in [-0.39, 0.29) is 5.91 Å². The maximum Gasteiger partial charge on any atom is 0.252 e. The number of benzene rings is 1. The molecule has 0 unspecified atom stereocenters. The van der Waals surface area contributed by atoms with Crippen molar-refractivity contribution < 1.29 is 9.21 Å². The zero-order chi connectivity index (χ0) is 19.3. The van der Waals surface area contributed by atoms with Gasteiger partial charge in [-0.3, -0.25) is 4.79 Å². The number of pyridine rings is 1. The Morgan fingerprint density at radius 3 is 2.89 bits per heavy atom. The molecule has 3 aromatic rings. The van der Waals surface area contributed by atoms with Crippen LogP contribution in [0.3, 0.4) is 0 Å². The Bertz CT molecular complexity index is 1010. The Labute approximate surface area is 164 Å². The van der Waals surface area contributed by atoms with Crippen LogP contribution in [0.15, 0.2) is 47.1 Å². The van der Waals surface area contributed by atoms with E-state index < -0.39 is 0 Å². The third-order valence-corrected chi connectivity index (χ3v) is 5.17. The highest BCUT2D eigenvalue weighted by atomic mass is 16.3. The lowest BCUT2D eigenvalue weighted by Gasteiger charge is -2.22. The Hall–Kier alpha value is -2.92. The van der Waals surface area contributed by atoms with Crippen molar-refractivity contribution in [3.8, 4) is 0 Å². The molecule has 0 spiro atoms. The molecule has 0 radical (unpaired) electrons. The van der Waals surface area contributed by atoms with Gasteiger partial charge in [-0.2, -0.15) is 0 Å². The average Bonchev–Trinajstić information content (AvgIpc) is 3.23. The summed E-state index contributed by atoms with van der Waals surface area (Å²) in [6.45, 7) is 1.28. The van der Waals surface area contributed by atoms with Crippen LogP contribution >= 0.6 is 0 Å². The number of fused-ring (bicyclic) bond motifs is 2. The van der Waals surface area contributed by atoms with Crippen LogP contribution < -0.4 is 11.1 Å². The van der Waals surface area contributed by atoms with Gasteiger partial charge in [0.2, 0.25) is 0 Å². The first-order chi connectivity index (χ1) is 13.8. The number of unbranched alkanes of at least 4 members (excludes halogenated alkanes) is 1. The minimum atomic E-state index is -0.0221. The predicted octanol–water partition coefficient (Wildman–Crippen LogP) is 4.17. The van der Waals surface area contributed by atoms with E-state index in [4.69, 9.17) is 15.1 Å². The Kier molecular flexibility index (Phi) is 5.53. The number of rotatable bonds is 6. The molecule has 28 heavy (non-hydrogen) atoms. The average molecular weight is 375 g/mol. The van der Waals surface area contributed by atoms with E-state index in [1.165, 1.54) is 0 Å². The van der Waals surface area contributed by atoms with E-state index in [1.54, 1.807) is 6.26 Å². The highest BCUT2D eigenvalue weighted by molar-refractivity contribution is 6.09. The molecule has 0 fully saturated rings. The molecule has 0 saturated heterocycles. The number of nitrogens with zero attached hydrogens (tertiary/aromatic N) is 1. The van der Waals surface area contributed by atoms with Gasteiger partial charge >= 0.3 is 0 Å². The van der Waals surface area contributed by atoms with E-state index in [0.717, 1.165) is 71.2 Å². The summed E-state index contributed by atoms with van der Waals surface area (Å²) in [6, 6.07) is 11.7. The molecule has 0 saturated carbocycles. The first kappa shape index (κ1) is 18.4. The molecule has 2 aromatic heterocycles. The van der Waals surface area contributed by atoms with Crippen molar-refractivity contribution in [2.24, 2.45) is 5.73 Å². The maximum atomic E-state index is 13.1. The number of aromatic nitrogens is 1. The Balaban J connectivity index is 1.79. The third kappa shape index (κ3) is 3.71. The van der Waals surface area contributed by atoms with Gasteiger partial charge in [-0.25, -0.2) is 4.98 Å². The van der Waals surface area contributed by atoms with Gasteiger partial charge in [0.15, 0.2) is 0 Å². The number of hydrogen-bond acceptors (Lipinski definition) is 4. The molecule has 0 bridgehead atoms. The quantitative estimate of drug-likeness (QED) is 0.634. The summed E-state index contributed by atoms with van der Waals surface area (Å²) >= 11 is 0. The predicted molar refractivity (Wildman–Crippen MR) is 112 cm³/mol. The smallest absolute Gasteiger partial charge is 0.252 e. The van der Waals surface area contributed by atoms with Crippen LogP contribution in [0, 0.1) is 0 Å². The lowest BCUT2D eigenvalue weighted by Crippen LogP contribution is -2.27. The van der Waals surface area contributed by atoms with Gasteiger partial charge in [0.1, 0.15) is 5.76 Å². The molecule has 4 rings (SSSR count). The first-order valence-corrected chi connectivity index (χ1v) is 9.92. The first-order valence-electron chi connectivity index (χ1n) is 9.92. The zero-order valence-electron chi connectivity index (χ0n) is 15.9. The molecular formula is C23H25N3O2. The van der Waals surface area contributed by atoms with Gasteiger partial charge in [0.05, 0.1) is 23.0 Å². The van der Waals surface area contributed by atoms with Gasteiger partial charge < -0.3 is 15.5 Å². The minimum Gasteiger partial charge on any atom is -0.465 e. The van der Waals surface area contributed by atoms with Crippen molar-refractivity contribution in [2.45, 2.75) is 32.1 Å². The van der Waals surface area contributed by atoms with Crippen molar-refractivity contribution in [3.63, 3.8) is 0 Å². The van der Waals surface area contributed by atoms with E-state index in [2.05, 4.69) is 5.32 Å². The van der Waals surface area contributed by atoms with Crippen LogP contribution in [-0.4, -0.2) is 24.0 Å². The number of amides is 1.